The van der Waals surface area contributed by atoms with Crippen molar-refractivity contribution in [2.24, 2.45) is 5.92 Å². The third kappa shape index (κ3) is 5.96. The minimum atomic E-state index is 0.103. The molecule has 0 saturated carbocycles. The second-order valence-corrected chi connectivity index (χ2v) is 7.38. The van der Waals surface area contributed by atoms with Gasteiger partial charge in [-0.3, -0.25) is 14.6 Å². The smallest absolute Gasteiger partial charge is 0.224 e. The van der Waals surface area contributed by atoms with Crippen LogP contribution in [0.4, 0.5) is 0 Å². The normalized spacial score (nSPS) is 22.7. The second kappa shape index (κ2) is 9.53. The summed E-state index contributed by atoms with van der Waals surface area (Å²) in [6, 6.07) is 7.98. The largest absolute Gasteiger partial charge is 0.379 e. The number of hydrogen-bond donors (Lipinski definition) is 1. The number of piperidine rings is 1. The zero-order chi connectivity index (χ0) is 17.5. The Kier molecular flexibility index (Phi) is 7.11. The van der Waals surface area contributed by atoms with Gasteiger partial charge in [0.25, 0.3) is 0 Å². The number of morpholine rings is 1. The van der Waals surface area contributed by atoms with E-state index in [-0.39, 0.29) is 11.8 Å². The van der Waals surface area contributed by atoms with Gasteiger partial charge in [0.1, 0.15) is 0 Å². The van der Waals surface area contributed by atoms with Crippen molar-refractivity contribution in [1.29, 1.82) is 0 Å². The lowest BCUT2D eigenvalue weighted by Crippen LogP contribution is -2.45. The molecule has 1 atom stereocenters. The molecule has 2 heterocycles. The Morgan fingerprint density at radius 2 is 1.92 bits per heavy atom. The summed E-state index contributed by atoms with van der Waals surface area (Å²) in [6.45, 7) is 7.96. The van der Waals surface area contributed by atoms with Crippen molar-refractivity contribution in [2.45, 2.75) is 19.4 Å². The van der Waals surface area contributed by atoms with Gasteiger partial charge >= 0.3 is 0 Å². The molecule has 0 spiro atoms. The van der Waals surface area contributed by atoms with Crippen LogP contribution in [0.5, 0.6) is 0 Å². The zero-order valence-corrected chi connectivity index (χ0v) is 15.5. The molecular weight excluding hydrogens is 338 g/mol. The Morgan fingerprint density at radius 1 is 1.16 bits per heavy atom. The molecule has 2 aliphatic rings. The van der Waals surface area contributed by atoms with Crippen LogP contribution in [0.15, 0.2) is 24.3 Å². The molecule has 3 rings (SSSR count). The number of likely N-dealkylation sites (tertiary alicyclic amines) is 1. The predicted octanol–water partition coefficient (Wildman–Crippen LogP) is 2.00. The van der Waals surface area contributed by atoms with E-state index in [0.717, 1.165) is 76.9 Å². The number of ether oxygens (including phenoxy) is 1. The number of rotatable bonds is 6. The first-order chi connectivity index (χ1) is 12.2. The van der Waals surface area contributed by atoms with E-state index in [2.05, 4.69) is 27.2 Å². The van der Waals surface area contributed by atoms with Crippen LogP contribution in [0.2, 0.25) is 5.02 Å². The highest BCUT2D eigenvalue weighted by Gasteiger charge is 2.25. The molecule has 2 saturated heterocycles. The van der Waals surface area contributed by atoms with E-state index in [1.165, 1.54) is 5.56 Å². The first-order valence-corrected chi connectivity index (χ1v) is 9.63. The standard InChI is InChI=1S/C19H28ClN3O2/c20-18-5-3-16(4-6-18)14-23-8-1-2-17(15-23)19(24)21-7-9-22-10-12-25-13-11-22/h3-6,17H,1-2,7-15H2,(H,21,24)/t17-/m0/s1. The summed E-state index contributed by atoms with van der Waals surface area (Å²) in [5, 5.41) is 3.89. The number of benzene rings is 1. The maximum Gasteiger partial charge on any atom is 0.224 e. The van der Waals surface area contributed by atoms with E-state index in [1.807, 2.05) is 12.1 Å². The van der Waals surface area contributed by atoms with E-state index < -0.39 is 0 Å². The molecule has 25 heavy (non-hydrogen) atoms. The number of nitrogens with one attached hydrogen (secondary N) is 1. The average Bonchev–Trinajstić information content (AvgIpc) is 2.65. The average molecular weight is 366 g/mol. The highest BCUT2D eigenvalue weighted by molar-refractivity contribution is 6.30. The monoisotopic (exact) mass is 365 g/mol. The molecule has 0 radical (unpaired) electrons. The van der Waals surface area contributed by atoms with Crippen molar-refractivity contribution < 1.29 is 9.53 Å². The van der Waals surface area contributed by atoms with Crippen molar-refractivity contribution in [3.63, 3.8) is 0 Å². The molecule has 0 bridgehead atoms. The molecule has 1 N–H and O–H groups in total. The van der Waals surface area contributed by atoms with Gasteiger partial charge in [0.2, 0.25) is 5.91 Å². The molecule has 1 aromatic rings. The summed E-state index contributed by atoms with van der Waals surface area (Å²) in [5.41, 5.74) is 1.25. The first-order valence-electron chi connectivity index (χ1n) is 9.25. The number of hydrogen-bond acceptors (Lipinski definition) is 4. The molecule has 2 aliphatic heterocycles. The van der Waals surface area contributed by atoms with Crippen LogP contribution in [-0.2, 0) is 16.1 Å². The highest BCUT2D eigenvalue weighted by atomic mass is 35.5. The maximum atomic E-state index is 12.5. The molecule has 138 valence electrons. The zero-order valence-electron chi connectivity index (χ0n) is 14.8. The lowest BCUT2D eigenvalue weighted by molar-refractivity contribution is -0.126. The van der Waals surface area contributed by atoms with Gasteiger partial charge in [-0.05, 0) is 37.1 Å². The van der Waals surface area contributed by atoms with Crippen molar-refractivity contribution in [3.8, 4) is 0 Å². The quantitative estimate of drug-likeness (QED) is 0.837. The Balaban J connectivity index is 1.40. The van der Waals surface area contributed by atoms with Crippen molar-refractivity contribution >= 4 is 17.5 Å². The maximum absolute atomic E-state index is 12.5. The number of halogens is 1. The Labute approximate surface area is 155 Å². The second-order valence-electron chi connectivity index (χ2n) is 6.95. The fourth-order valence-electron chi connectivity index (χ4n) is 3.57. The summed E-state index contributed by atoms with van der Waals surface area (Å²) in [6.07, 6.45) is 2.07. The number of nitrogens with zero attached hydrogens (tertiary/aromatic N) is 2. The molecule has 0 aliphatic carbocycles. The van der Waals surface area contributed by atoms with Crippen LogP contribution >= 0.6 is 11.6 Å². The van der Waals surface area contributed by atoms with Crippen LogP contribution in [0.3, 0.4) is 0 Å². The SMILES string of the molecule is O=C(NCCN1CCOCC1)[C@H]1CCCN(Cc2ccc(Cl)cc2)C1. The lowest BCUT2D eigenvalue weighted by atomic mass is 9.96. The Bertz CT molecular complexity index is 546. The fraction of sp³-hybridized carbons (Fsp3) is 0.632. The Hall–Kier alpha value is -1.14. The summed E-state index contributed by atoms with van der Waals surface area (Å²) in [7, 11) is 0. The molecule has 0 unspecified atom stereocenters. The van der Waals surface area contributed by atoms with E-state index in [0.29, 0.717) is 0 Å². The highest BCUT2D eigenvalue weighted by Crippen LogP contribution is 2.19. The predicted molar refractivity (Wildman–Crippen MR) is 99.7 cm³/mol. The van der Waals surface area contributed by atoms with Crippen LogP contribution in [0.1, 0.15) is 18.4 Å². The number of amides is 1. The van der Waals surface area contributed by atoms with Crippen LogP contribution < -0.4 is 5.32 Å². The number of carbonyl (C=O) groups excluding carboxylic acids is 1. The molecule has 0 aromatic heterocycles. The molecule has 1 aromatic carbocycles. The van der Waals surface area contributed by atoms with Crippen molar-refractivity contribution in [2.75, 3.05) is 52.5 Å². The van der Waals surface area contributed by atoms with Crippen molar-refractivity contribution in [3.05, 3.63) is 34.9 Å². The minimum absolute atomic E-state index is 0.103. The molecular formula is C19H28ClN3O2. The lowest BCUT2D eigenvalue weighted by Gasteiger charge is -2.32. The van der Waals surface area contributed by atoms with Gasteiger partial charge in [-0.1, -0.05) is 23.7 Å². The first kappa shape index (κ1) is 18.6. The summed E-state index contributed by atoms with van der Waals surface area (Å²) in [5.74, 6) is 0.305. The van der Waals surface area contributed by atoms with Crippen LogP contribution in [-0.4, -0.2) is 68.2 Å². The Morgan fingerprint density at radius 3 is 2.68 bits per heavy atom. The van der Waals surface area contributed by atoms with Gasteiger partial charge in [0.05, 0.1) is 19.1 Å². The molecule has 2 fully saturated rings. The molecule has 6 heteroatoms. The van der Waals surface area contributed by atoms with Crippen LogP contribution in [0, 0.1) is 5.92 Å². The van der Waals surface area contributed by atoms with Gasteiger partial charge in [0.15, 0.2) is 0 Å². The third-order valence-corrected chi connectivity index (χ3v) is 5.28. The van der Waals surface area contributed by atoms with Crippen LogP contribution in [0.25, 0.3) is 0 Å². The van der Waals surface area contributed by atoms with E-state index in [4.69, 9.17) is 16.3 Å². The van der Waals surface area contributed by atoms with Gasteiger partial charge in [0, 0.05) is 44.3 Å². The summed E-state index contributed by atoms with van der Waals surface area (Å²) in [4.78, 5) is 17.2. The minimum Gasteiger partial charge on any atom is -0.379 e. The third-order valence-electron chi connectivity index (χ3n) is 5.03. The summed E-state index contributed by atoms with van der Waals surface area (Å²) >= 11 is 5.95. The molecule has 5 nitrogen and oxygen atoms in total. The van der Waals surface area contributed by atoms with Gasteiger partial charge < -0.3 is 10.1 Å². The van der Waals surface area contributed by atoms with E-state index in [1.54, 1.807) is 0 Å². The summed E-state index contributed by atoms with van der Waals surface area (Å²) < 4.78 is 5.35. The van der Waals surface area contributed by atoms with Crippen molar-refractivity contribution in [1.82, 2.24) is 15.1 Å². The van der Waals surface area contributed by atoms with E-state index >= 15 is 0 Å². The van der Waals surface area contributed by atoms with Gasteiger partial charge in [-0.15, -0.1) is 0 Å². The fourth-order valence-corrected chi connectivity index (χ4v) is 3.69. The van der Waals surface area contributed by atoms with E-state index in [9.17, 15) is 4.79 Å². The topological polar surface area (TPSA) is 44.8 Å². The van der Waals surface area contributed by atoms with Gasteiger partial charge in [-0.2, -0.15) is 0 Å². The molecule has 1 amide bonds. The number of carbonyl (C=O) groups is 1. The van der Waals surface area contributed by atoms with Gasteiger partial charge in [-0.25, -0.2) is 0 Å².